The van der Waals surface area contributed by atoms with Crippen LogP contribution < -0.4 is 9.97 Å². The van der Waals surface area contributed by atoms with Crippen LogP contribution in [0.1, 0.15) is 104 Å². The molecule has 0 bridgehead atoms. The zero-order chi connectivity index (χ0) is 24.4. The Bertz CT molecular complexity index is 791. The van der Waals surface area contributed by atoms with Crippen LogP contribution in [0.15, 0.2) is 34.3 Å². The molecule has 4 nitrogen and oxygen atoms in total. The van der Waals surface area contributed by atoms with Gasteiger partial charge in [0.15, 0.2) is 0 Å². The number of halogens is 1. The molecule has 6 heteroatoms. The Morgan fingerprint density at radius 3 is 1.31 bits per heavy atom. The molecular formula is C26H40ClCrN4. The number of rotatable bonds is 9. The maximum absolute atomic E-state index is 4.73. The maximum atomic E-state index is 4.73. The summed E-state index contributed by atoms with van der Waals surface area (Å²) in [6.07, 6.45) is 4.62. The van der Waals surface area contributed by atoms with E-state index in [2.05, 4.69) is 105 Å². The molecule has 0 aromatic carbocycles. The second kappa shape index (κ2) is 13.4. The van der Waals surface area contributed by atoms with Crippen molar-refractivity contribution in [3.8, 4) is 0 Å². The molecule has 0 atom stereocenters. The monoisotopic (exact) mass is 495 g/mol. The fourth-order valence-corrected chi connectivity index (χ4v) is 3.20. The Morgan fingerprint density at radius 2 is 1.03 bits per heavy atom. The van der Waals surface area contributed by atoms with Gasteiger partial charge in [0, 0.05) is 24.5 Å². The van der Waals surface area contributed by atoms with E-state index in [0.29, 0.717) is 0 Å². The second-order valence-electron chi connectivity index (χ2n) is 10.3. The fourth-order valence-electron chi connectivity index (χ4n) is 3.20. The zero-order valence-corrected chi connectivity index (χ0v) is 23.2. The molecule has 2 aromatic rings. The third kappa shape index (κ3) is 9.69. The number of aromatic nitrogens is 2. The van der Waals surface area contributed by atoms with Gasteiger partial charge in [0.25, 0.3) is 0 Å². The number of hydrogen-bond donors (Lipinski definition) is 0. The summed E-state index contributed by atoms with van der Waals surface area (Å²) in [5, 5.41) is 0. The van der Waals surface area contributed by atoms with E-state index in [4.69, 9.17) is 20.0 Å². The van der Waals surface area contributed by atoms with Crippen LogP contribution in [0.2, 0.25) is 0 Å². The van der Waals surface area contributed by atoms with Crippen LogP contribution >= 0.6 is 10.0 Å². The average molecular weight is 496 g/mol. The molecule has 0 unspecified atom stereocenters. The number of hydrogen-bond acceptors (Lipinski definition) is 2. The normalized spacial score (nSPS) is 13.1. The van der Waals surface area contributed by atoms with Gasteiger partial charge >= 0.3 is 25.4 Å². The molecule has 0 fully saturated rings. The standard InChI is InChI=1S/C26H40N4.ClH.Cr/c1-19(21-13-15-23(29-21)25(3,4)5)27-17-11-9-10-12-18-28-20(2)22-14-16-24(30-22)26(6,7)8;;/h13-16H,9-12,17-18H2,1-8H3;1H;/q-2;;+3/p-1. The van der Waals surface area contributed by atoms with Crippen LogP contribution in [0.25, 0.3) is 0 Å². The molecule has 2 heterocycles. The van der Waals surface area contributed by atoms with Gasteiger partial charge in [-0.25, -0.2) is 0 Å². The second-order valence-corrected chi connectivity index (χ2v) is 10.3. The van der Waals surface area contributed by atoms with Crippen LogP contribution in [0.5, 0.6) is 0 Å². The van der Waals surface area contributed by atoms with Crippen molar-refractivity contribution in [2.45, 2.75) is 91.9 Å². The Hall–Kier alpha value is -1.28. The molecule has 0 saturated carbocycles. The molecule has 0 N–H and O–H groups in total. The zero-order valence-electron chi connectivity index (χ0n) is 21.1. The van der Waals surface area contributed by atoms with Gasteiger partial charge in [0.1, 0.15) is 0 Å². The van der Waals surface area contributed by atoms with E-state index in [0.717, 1.165) is 60.1 Å². The third-order valence-electron chi connectivity index (χ3n) is 5.32. The first-order valence-corrected chi connectivity index (χ1v) is 13.2. The van der Waals surface area contributed by atoms with Gasteiger partial charge in [-0.1, -0.05) is 78.6 Å². The molecule has 32 heavy (non-hydrogen) atoms. The molecule has 0 amide bonds. The topological polar surface area (TPSA) is 52.9 Å². The summed E-state index contributed by atoms with van der Waals surface area (Å²) in [6, 6.07) is 8.41. The van der Waals surface area contributed by atoms with Crippen molar-refractivity contribution in [2.24, 2.45) is 9.98 Å². The van der Waals surface area contributed by atoms with E-state index >= 15 is 0 Å². The first-order chi connectivity index (χ1) is 15.0. The van der Waals surface area contributed by atoms with Crippen LogP contribution in [-0.4, -0.2) is 24.5 Å². The minimum absolute atomic E-state index is 0.0904. The molecule has 0 saturated heterocycles. The van der Waals surface area contributed by atoms with E-state index < -0.39 is 0 Å². The predicted octanol–water partition coefficient (Wildman–Crippen LogP) is 6.76. The van der Waals surface area contributed by atoms with Gasteiger partial charge < -0.3 is 9.97 Å². The van der Waals surface area contributed by atoms with Crippen molar-refractivity contribution in [1.29, 1.82) is 0 Å². The van der Waals surface area contributed by atoms with Gasteiger partial charge in [-0.05, 0) is 37.5 Å². The molecule has 0 radical (unpaired) electrons. The van der Waals surface area contributed by atoms with Crippen LogP contribution in [0.3, 0.4) is 0 Å². The van der Waals surface area contributed by atoms with E-state index in [1.807, 2.05) is 0 Å². The minimum atomic E-state index is 0.0904. The van der Waals surface area contributed by atoms with E-state index in [9.17, 15) is 0 Å². The number of nitrogens with zero attached hydrogens (tertiary/aromatic N) is 4. The predicted molar refractivity (Wildman–Crippen MR) is 135 cm³/mol. The molecule has 177 valence electrons. The summed E-state index contributed by atoms with van der Waals surface area (Å²) in [4.78, 5) is 18.9. The van der Waals surface area contributed by atoms with Crippen LogP contribution in [0.4, 0.5) is 0 Å². The summed E-state index contributed by atoms with van der Waals surface area (Å²) >= 11 is 2.10. The molecule has 0 aliphatic carbocycles. The van der Waals surface area contributed by atoms with Gasteiger partial charge in [0.05, 0.1) is 0 Å². The molecule has 2 aromatic heterocycles. The Kier molecular flexibility index (Phi) is 12.1. The quantitative estimate of drug-likeness (QED) is 0.285. The Balaban J connectivity index is 0.00000249. The van der Waals surface area contributed by atoms with Crippen LogP contribution in [-0.2, 0) is 26.2 Å². The Labute approximate surface area is 208 Å². The third-order valence-corrected chi connectivity index (χ3v) is 5.32. The summed E-state index contributed by atoms with van der Waals surface area (Å²) < 4.78 is 0. The van der Waals surface area contributed by atoms with Crippen molar-refractivity contribution in [2.75, 3.05) is 13.1 Å². The van der Waals surface area contributed by atoms with E-state index in [1.54, 1.807) is 0 Å². The van der Waals surface area contributed by atoms with Crippen molar-refractivity contribution in [1.82, 2.24) is 9.97 Å². The first kappa shape index (κ1) is 28.8. The Morgan fingerprint density at radius 1 is 0.688 bits per heavy atom. The average Bonchev–Trinajstić information content (AvgIpc) is 3.40. The van der Waals surface area contributed by atoms with Gasteiger partial charge in [-0.3, -0.25) is 9.98 Å². The van der Waals surface area contributed by atoms with Crippen LogP contribution in [0, 0.1) is 0 Å². The molecule has 0 spiro atoms. The number of aliphatic imine (C=N–C) groups is 2. The van der Waals surface area contributed by atoms with Gasteiger partial charge in [0.2, 0.25) is 0 Å². The number of unbranched alkanes of at least 4 members (excludes halogenated alkanes) is 3. The van der Waals surface area contributed by atoms with E-state index in [1.165, 1.54) is 12.8 Å². The fraction of sp³-hybridized carbons (Fsp3) is 0.615. The summed E-state index contributed by atoms with van der Waals surface area (Å²) in [6.45, 7) is 19.0. The molecule has 0 aliphatic heterocycles. The summed E-state index contributed by atoms with van der Waals surface area (Å²) in [5.41, 5.74) is 6.57. The summed E-state index contributed by atoms with van der Waals surface area (Å²) in [7, 11) is 4.51. The van der Waals surface area contributed by atoms with Gasteiger partial charge in [-0.15, -0.1) is 11.4 Å². The first-order valence-electron chi connectivity index (χ1n) is 11.4. The molecule has 0 aliphatic rings. The van der Waals surface area contributed by atoms with Crippen molar-refractivity contribution in [3.63, 3.8) is 0 Å². The SMILES string of the molecule is CC(=NCCCCCCN=C(C)c1ccc(C(C)(C)C)[n-]1)c1ccc(C(C)(C)C)[n-]1.[Cl][Cr+2]. The molecular weight excluding hydrogens is 456 g/mol. The molecule has 2 rings (SSSR count). The van der Waals surface area contributed by atoms with Crippen molar-refractivity contribution < 1.29 is 15.4 Å². The van der Waals surface area contributed by atoms with Gasteiger partial charge in [-0.2, -0.15) is 11.4 Å². The van der Waals surface area contributed by atoms with Crippen molar-refractivity contribution >= 4 is 21.5 Å². The summed E-state index contributed by atoms with van der Waals surface area (Å²) in [5.74, 6) is 0. The van der Waals surface area contributed by atoms with E-state index in [-0.39, 0.29) is 10.8 Å². The van der Waals surface area contributed by atoms with Crippen molar-refractivity contribution in [3.05, 3.63) is 47.0 Å².